The van der Waals surface area contributed by atoms with Crippen LogP contribution in [0.4, 0.5) is 26.3 Å². The van der Waals surface area contributed by atoms with Gasteiger partial charge in [0.15, 0.2) is 11.6 Å². The molecule has 0 aliphatic heterocycles. The Morgan fingerprint density at radius 2 is 1.21 bits per heavy atom. The predicted molar refractivity (Wildman–Crippen MR) is 56.8 cm³/mol. The second-order valence-corrected chi connectivity index (χ2v) is 3.76. The highest BCUT2D eigenvalue weighted by atomic mass is 19.4. The van der Waals surface area contributed by atoms with Gasteiger partial charge < -0.3 is 0 Å². The van der Waals surface area contributed by atoms with Gasteiger partial charge in [0.25, 0.3) is 0 Å². The van der Waals surface area contributed by atoms with E-state index in [-0.39, 0.29) is 0 Å². The average molecular weight is 276 g/mol. The maximum absolute atomic E-state index is 13.5. The lowest BCUT2D eigenvalue weighted by molar-refractivity contribution is -0.139. The lowest BCUT2D eigenvalue weighted by Gasteiger charge is -2.14. The van der Waals surface area contributed by atoms with Crippen LogP contribution >= 0.6 is 0 Å². The molecule has 2 rings (SSSR count). The molecule has 0 unspecified atom stereocenters. The van der Waals surface area contributed by atoms with Crippen LogP contribution in [0.1, 0.15) is 5.56 Å². The zero-order chi connectivity index (χ0) is 14.2. The largest absolute Gasteiger partial charge is 0.419 e. The van der Waals surface area contributed by atoms with Gasteiger partial charge in [-0.25, -0.2) is 13.2 Å². The first-order valence-corrected chi connectivity index (χ1v) is 5.12. The van der Waals surface area contributed by atoms with Gasteiger partial charge in [-0.1, -0.05) is 24.3 Å². The van der Waals surface area contributed by atoms with Crippen molar-refractivity contribution in [2.24, 2.45) is 0 Å². The van der Waals surface area contributed by atoms with E-state index in [0.29, 0.717) is 6.07 Å². The van der Waals surface area contributed by atoms with Crippen LogP contribution in [0.25, 0.3) is 11.1 Å². The maximum atomic E-state index is 13.5. The maximum Gasteiger partial charge on any atom is 0.419 e. The summed E-state index contributed by atoms with van der Waals surface area (Å²) in [6.45, 7) is 0. The van der Waals surface area contributed by atoms with Gasteiger partial charge >= 0.3 is 6.18 Å². The highest BCUT2D eigenvalue weighted by Gasteiger charge is 2.37. The first-order chi connectivity index (χ1) is 8.82. The van der Waals surface area contributed by atoms with Gasteiger partial charge in [0.2, 0.25) is 0 Å². The molecule has 0 saturated carbocycles. The molecule has 2 aromatic rings. The lowest BCUT2D eigenvalue weighted by Crippen LogP contribution is -2.10. The molecule has 100 valence electrons. The molecule has 0 aliphatic carbocycles. The smallest absolute Gasteiger partial charge is 0.206 e. The molecule has 0 bridgehead atoms. The summed E-state index contributed by atoms with van der Waals surface area (Å²) in [5.74, 6) is -4.28. The van der Waals surface area contributed by atoms with E-state index in [9.17, 15) is 26.3 Å². The molecule has 0 radical (unpaired) electrons. The number of hydrogen-bond donors (Lipinski definition) is 0. The third kappa shape index (κ3) is 2.43. The van der Waals surface area contributed by atoms with Crippen LogP contribution in [0.2, 0.25) is 0 Å². The summed E-state index contributed by atoms with van der Waals surface area (Å²) in [6, 6.07) is 5.30. The minimum absolute atomic E-state index is 0.615. The first kappa shape index (κ1) is 13.5. The normalized spacial score (nSPS) is 11.7. The minimum Gasteiger partial charge on any atom is -0.206 e. The van der Waals surface area contributed by atoms with Crippen molar-refractivity contribution in [3.05, 3.63) is 59.4 Å². The fraction of sp³-hybridized carbons (Fsp3) is 0.0769. The Labute approximate surface area is 104 Å². The van der Waals surface area contributed by atoms with Crippen molar-refractivity contribution in [2.45, 2.75) is 6.18 Å². The van der Waals surface area contributed by atoms with Gasteiger partial charge in [-0.2, -0.15) is 13.2 Å². The van der Waals surface area contributed by atoms with E-state index in [1.165, 1.54) is 0 Å². The number of rotatable bonds is 1. The van der Waals surface area contributed by atoms with Crippen LogP contribution in [0.5, 0.6) is 0 Å². The zero-order valence-electron chi connectivity index (χ0n) is 9.23. The van der Waals surface area contributed by atoms with Crippen molar-refractivity contribution < 1.29 is 26.3 Å². The van der Waals surface area contributed by atoms with Crippen molar-refractivity contribution in [2.75, 3.05) is 0 Å². The third-order valence-corrected chi connectivity index (χ3v) is 2.54. The Balaban J connectivity index is 2.77. The fourth-order valence-electron chi connectivity index (χ4n) is 1.75. The van der Waals surface area contributed by atoms with Crippen LogP contribution in [-0.2, 0) is 6.18 Å². The van der Waals surface area contributed by atoms with Gasteiger partial charge in [0.1, 0.15) is 5.82 Å². The van der Waals surface area contributed by atoms with E-state index >= 15 is 0 Å². The predicted octanol–water partition coefficient (Wildman–Crippen LogP) is 4.79. The molecule has 19 heavy (non-hydrogen) atoms. The van der Waals surface area contributed by atoms with Gasteiger partial charge in [-0.05, 0) is 17.7 Å². The molecule has 0 atom stereocenters. The lowest BCUT2D eigenvalue weighted by atomic mass is 9.98. The highest BCUT2D eigenvalue weighted by Crippen LogP contribution is 2.39. The van der Waals surface area contributed by atoms with Crippen LogP contribution in [0, 0.1) is 17.5 Å². The number of halogens is 6. The Bertz CT molecular complexity index is 615. The van der Waals surface area contributed by atoms with Crippen molar-refractivity contribution in [3.8, 4) is 11.1 Å². The van der Waals surface area contributed by atoms with E-state index in [1.807, 2.05) is 0 Å². The second-order valence-electron chi connectivity index (χ2n) is 3.76. The summed E-state index contributed by atoms with van der Waals surface area (Å²) in [7, 11) is 0. The molecule has 0 fully saturated rings. The molecule has 0 saturated heterocycles. The molecule has 0 heterocycles. The van der Waals surface area contributed by atoms with Crippen molar-refractivity contribution in [1.29, 1.82) is 0 Å². The summed E-state index contributed by atoms with van der Waals surface area (Å²) < 4.78 is 78.2. The number of benzene rings is 2. The van der Waals surface area contributed by atoms with E-state index in [0.717, 1.165) is 30.3 Å². The molecule has 0 spiro atoms. The summed E-state index contributed by atoms with van der Waals surface area (Å²) in [6.07, 6.45) is -5.00. The molecule has 6 heteroatoms. The highest BCUT2D eigenvalue weighted by molar-refractivity contribution is 5.69. The van der Waals surface area contributed by atoms with E-state index < -0.39 is 40.3 Å². The number of hydrogen-bond acceptors (Lipinski definition) is 0. The molecule has 0 amide bonds. The molecule has 0 aromatic heterocycles. The van der Waals surface area contributed by atoms with Crippen molar-refractivity contribution >= 4 is 0 Å². The molecule has 2 aromatic carbocycles. The minimum atomic E-state index is -5.00. The average Bonchev–Trinajstić information content (AvgIpc) is 2.30. The zero-order valence-corrected chi connectivity index (χ0v) is 9.23. The molecular formula is C13H6F6. The van der Waals surface area contributed by atoms with Gasteiger partial charge in [0, 0.05) is 5.56 Å². The summed E-state index contributed by atoms with van der Waals surface area (Å²) in [5, 5.41) is 0. The van der Waals surface area contributed by atoms with E-state index in [1.54, 1.807) is 0 Å². The Hall–Kier alpha value is -1.98. The second kappa shape index (κ2) is 4.60. The fourth-order valence-corrected chi connectivity index (χ4v) is 1.75. The summed E-state index contributed by atoms with van der Waals surface area (Å²) in [4.78, 5) is 0. The Morgan fingerprint density at radius 1 is 0.684 bits per heavy atom. The Kier molecular flexibility index (Phi) is 3.26. The van der Waals surface area contributed by atoms with Crippen LogP contribution in [0.3, 0.4) is 0 Å². The molecule has 0 aliphatic rings. The van der Waals surface area contributed by atoms with Crippen LogP contribution in [-0.4, -0.2) is 0 Å². The van der Waals surface area contributed by atoms with Crippen molar-refractivity contribution in [3.63, 3.8) is 0 Å². The summed E-state index contributed by atoms with van der Waals surface area (Å²) in [5.41, 5.74) is -2.98. The van der Waals surface area contributed by atoms with Gasteiger partial charge in [-0.15, -0.1) is 0 Å². The monoisotopic (exact) mass is 276 g/mol. The standard InChI is InChI=1S/C13H6F6/c14-9-5-1-3-7(11(9)13(17,18)19)8-4-2-6-10(15)12(8)16/h1-6H. The van der Waals surface area contributed by atoms with Crippen molar-refractivity contribution in [1.82, 2.24) is 0 Å². The quantitative estimate of drug-likeness (QED) is 0.657. The van der Waals surface area contributed by atoms with Crippen LogP contribution in [0.15, 0.2) is 36.4 Å². The SMILES string of the molecule is Fc1cccc(-c2cccc(F)c2C(F)(F)F)c1F. The van der Waals surface area contributed by atoms with Gasteiger partial charge in [-0.3, -0.25) is 0 Å². The Morgan fingerprint density at radius 3 is 1.79 bits per heavy atom. The van der Waals surface area contributed by atoms with Gasteiger partial charge in [0.05, 0.1) is 5.56 Å². The summed E-state index contributed by atoms with van der Waals surface area (Å²) >= 11 is 0. The topological polar surface area (TPSA) is 0 Å². The number of alkyl halides is 3. The van der Waals surface area contributed by atoms with E-state index in [2.05, 4.69) is 0 Å². The van der Waals surface area contributed by atoms with Crippen LogP contribution < -0.4 is 0 Å². The third-order valence-electron chi connectivity index (χ3n) is 2.54. The van der Waals surface area contributed by atoms with E-state index in [4.69, 9.17) is 0 Å². The molecular weight excluding hydrogens is 270 g/mol. The molecule has 0 N–H and O–H groups in total. The molecule has 0 nitrogen and oxygen atoms in total. The first-order valence-electron chi connectivity index (χ1n) is 5.12.